The van der Waals surface area contributed by atoms with Crippen LogP contribution in [0.15, 0.2) is 30.6 Å². The number of nitrogen functional groups attached to an aromatic ring is 1. The van der Waals surface area contributed by atoms with E-state index in [2.05, 4.69) is 15.4 Å². The first-order valence-electron chi connectivity index (χ1n) is 7.36. The smallest absolute Gasteiger partial charge is 0.408 e. The summed E-state index contributed by atoms with van der Waals surface area (Å²) >= 11 is 0. The van der Waals surface area contributed by atoms with Gasteiger partial charge in [-0.3, -0.25) is 0 Å². The van der Waals surface area contributed by atoms with Crippen LogP contribution in [0.4, 0.5) is 10.6 Å². The van der Waals surface area contributed by atoms with Gasteiger partial charge >= 0.3 is 6.09 Å². The standard InChI is InChI=1S/C16H23N5O2/c1-15(2,3)23-14(22)19-16(4,5)11-6-7-13(18-10-11)21-9-8-12(17)20-21/h6-10H,1-5H3,(H2,17,20)(H,19,22). The van der Waals surface area contributed by atoms with Crippen LogP contribution in [0.3, 0.4) is 0 Å². The quantitative estimate of drug-likeness (QED) is 0.907. The summed E-state index contributed by atoms with van der Waals surface area (Å²) in [7, 11) is 0. The molecule has 7 nitrogen and oxygen atoms in total. The molecule has 2 aromatic rings. The highest BCUT2D eigenvalue weighted by atomic mass is 16.6. The van der Waals surface area contributed by atoms with Crippen molar-refractivity contribution in [3.05, 3.63) is 36.2 Å². The zero-order valence-corrected chi connectivity index (χ0v) is 14.1. The maximum absolute atomic E-state index is 12.0. The summed E-state index contributed by atoms with van der Waals surface area (Å²) in [6.07, 6.45) is 2.97. The van der Waals surface area contributed by atoms with Crippen molar-refractivity contribution in [2.45, 2.75) is 45.8 Å². The molecule has 2 aromatic heterocycles. The SMILES string of the molecule is CC(C)(C)OC(=O)NC(C)(C)c1ccc(-n2ccc(N)n2)nc1. The fourth-order valence-electron chi connectivity index (χ4n) is 1.99. The molecule has 0 aliphatic rings. The van der Waals surface area contributed by atoms with Crippen molar-refractivity contribution in [1.29, 1.82) is 0 Å². The fourth-order valence-corrected chi connectivity index (χ4v) is 1.99. The molecule has 0 fully saturated rings. The Kier molecular flexibility index (Phi) is 4.31. The maximum atomic E-state index is 12.0. The molecule has 0 atom stereocenters. The van der Waals surface area contributed by atoms with Crippen LogP contribution in [0, 0.1) is 0 Å². The van der Waals surface area contributed by atoms with Gasteiger partial charge in [-0.1, -0.05) is 6.07 Å². The number of hydrogen-bond acceptors (Lipinski definition) is 5. The molecule has 1 amide bonds. The lowest BCUT2D eigenvalue weighted by Gasteiger charge is -2.28. The number of nitrogens with two attached hydrogens (primary N) is 1. The average molecular weight is 317 g/mol. The molecule has 0 saturated carbocycles. The van der Waals surface area contributed by atoms with Gasteiger partial charge < -0.3 is 15.8 Å². The number of carbonyl (C=O) groups excluding carboxylic acids is 1. The van der Waals surface area contributed by atoms with Gasteiger partial charge in [-0.2, -0.15) is 0 Å². The van der Waals surface area contributed by atoms with Crippen molar-refractivity contribution in [3.63, 3.8) is 0 Å². The predicted molar refractivity (Wildman–Crippen MR) is 88.2 cm³/mol. The number of aromatic nitrogens is 3. The molecular formula is C16H23N5O2. The van der Waals surface area contributed by atoms with Crippen molar-refractivity contribution in [1.82, 2.24) is 20.1 Å². The molecular weight excluding hydrogens is 294 g/mol. The molecule has 0 unspecified atom stereocenters. The first-order chi connectivity index (χ1) is 10.6. The maximum Gasteiger partial charge on any atom is 0.408 e. The summed E-state index contributed by atoms with van der Waals surface area (Å²) in [5, 5.41) is 6.95. The Hall–Kier alpha value is -2.57. The van der Waals surface area contributed by atoms with Crippen LogP contribution in [0.2, 0.25) is 0 Å². The van der Waals surface area contributed by atoms with Crippen molar-refractivity contribution in [2.75, 3.05) is 5.73 Å². The van der Waals surface area contributed by atoms with Crippen LogP contribution in [-0.4, -0.2) is 26.5 Å². The van der Waals surface area contributed by atoms with Crippen molar-refractivity contribution in [3.8, 4) is 5.82 Å². The summed E-state index contributed by atoms with van der Waals surface area (Å²) in [4.78, 5) is 16.3. The lowest BCUT2D eigenvalue weighted by molar-refractivity contribution is 0.0470. The zero-order chi connectivity index (χ0) is 17.3. The number of alkyl carbamates (subject to hydrolysis) is 1. The highest BCUT2D eigenvalue weighted by Gasteiger charge is 2.26. The van der Waals surface area contributed by atoms with E-state index in [1.807, 2.05) is 46.8 Å². The molecule has 124 valence electrons. The molecule has 2 rings (SSSR count). The average Bonchev–Trinajstić information content (AvgIpc) is 2.82. The van der Waals surface area contributed by atoms with Gasteiger partial charge in [0.1, 0.15) is 11.4 Å². The first-order valence-corrected chi connectivity index (χ1v) is 7.36. The van der Waals surface area contributed by atoms with Gasteiger partial charge in [0.15, 0.2) is 5.82 Å². The predicted octanol–water partition coefficient (Wildman–Crippen LogP) is 2.61. The van der Waals surface area contributed by atoms with Gasteiger partial charge in [-0.25, -0.2) is 14.5 Å². The van der Waals surface area contributed by atoms with Crippen LogP contribution >= 0.6 is 0 Å². The highest BCUT2D eigenvalue weighted by molar-refractivity contribution is 5.69. The second-order valence-corrected chi connectivity index (χ2v) is 6.84. The van der Waals surface area contributed by atoms with Gasteiger partial charge in [0.2, 0.25) is 0 Å². The third kappa shape index (κ3) is 4.45. The number of nitrogens with zero attached hydrogens (tertiary/aromatic N) is 3. The summed E-state index contributed by atoms with van der Waals surface area (Å²) in [6.45, 7) is 9.25. The zero-order valence-electron chi connectivity index (χ0n) is 14.1. The highest BCUT2D eigenvalue weighted by Crippen LogP contribution is 2.21. The molecule has 0 bridgehead atoms. The third-order valence-corrected chi connectivity index (χ3v) is 3.13. The van der Waals surface area contributed by atoms with Crippen LogP contribution in [-0.2, 0) is 10.3 Å². The number of nitrogens with one attached hydrogen (secondary N) is 1. The Morgan fingerprint density at radius 2 is 1.91 bits per heavy atom. The van der Waals surface area contributed by atoms with E-state index in [4.69, 9.17) is 10.5 Å². The molecule has 3 N–H and O–H groups in total. The summed E-state index contributed by atoms with van der Waals surface area (Å²) in [5.41, 5.74) is 5.30. The van der Waals surface area contributed by atoms with Gasteiger partial charge in [0, 0.05) is 18.5 Å². The number of amides is 1. The van der Waals surface area contributed by atoms with Crippen LogP contribution in [0.5, 0.6) is 0 Å². The van der Waals surface area contributed by atoms with E-state index in [0.717, 1.165) is 5.56 Å². The minimum atomic E-state index is -0.614. The van der Waals surface area contributed by atoms with Crippen LogP contribution < -0.4 is 11.1 Å². The second-order valence-electron chi connectivity index (χ2n) is 6.84. The second kappa shape index (κ2) is 5.91. The number of pyridine rings is 1. The molecule has 0 saturated heterocycles. The molecule has 0 radical (unpaired) electrons. The Bertz CT molecular complexity index is 683. The van der Waals surface area contributed by atoms with Gasteiger partial charge in [0.05, 0.1) is 5.54 Å². The van der Waals surface area contributed by atoms with Crippen LogP contribution in [0.25, 0.3) is 5.82 Å². The van der Waals surface area contributed by atoms with Crippen LogP contribution in [0.1, 0.15) is 40.2 Å². The van der Waals surface area contributed by atoms with Crippen molar-refractivity contribution in [2.24, 2.45) is 0 Å². The van der Waals surface area contributed by atoms with E-state index in [0.29, 0.717) is 11.6 Å². The summed E-state index contributed by atoms with van der Waals surface area (Å²) in [5.74, 6) is 1.08. The monoisotopic (exact) mass is 317 g/mol. The molecule has 2 heterocycles. The summed E-state index contributed by atoms with van der Waals surface area (Å²) < 4.78 is 6.88. The Labute approximate surface area is 135 Å². The molecule has 7 heteroatoms. The molecule has 23 heavy (non-hydrogen) atoms. The molecule has 0 aliphatic heterocycles. The van der Waals surface area contributed by atoms with Crippen molar-refractivity contribution < 1.29 is 9.53 Å². The lowest BCUT2D eigenvalue weighted by atomic mass is 9.96. The van der Waals surface area contributed by atoms with E-state index in [1.54, 1.807) is 23.1 Å². The largest absolute Gasteiger partial charge is 0.444 e. The Morgan fingerprint density at radius 1 is 1.22 bits per heavy atom. The topological polar surface area (TPSA) is 95.1 Å². The summed E-state index contributed by atoms with van der Waals surface area (Å²) in [6, 6.07) is 5.40. The molecule has 0 aromatic carbocycles. The van der Waals surface area contributed by atoms with E-state index >= 15 is 0 Å². The van der Waals surface area contributed by atoms with Gasteiger partial charge in [0.25, 0.3) is 0 Å². The number of rotatable bonds is 3. The molecule has 0 spiro atoms. The molecule has 0 aliphatic carbocycles. The third-order valence-electron chi connectivity index (χ3n) is 3.13. The Balaban J connectivity index is 2.12. The minimum Gasteiger partial charge on any atom is -0.444 e. The van der Waals surface area contributed by atoms with E-state index in [-0.39, 0.29) is 0 Å². The van der Waals surface area contributed by atoms with Gasteiger partial charge in [-0.15, -0.1) is 5.10 Å². The fraction of sp³-hybridized carbons (Fsp3) is 0.438. The minimum absolute atomic E-state index is 0.433. The van der Waals surface area contributed by atoms with E-state index < -0.39 is 17.2 Å². The van der Waals surface area contributed by atoms with E-state index in [9.17, 15) is 4.79 Å². The number of ether oxygens (including phenoxy) is 1. The number of anilines is 1. The Morgan fingerprint density at radius 3 is 2.39 bits per heavy atom. The first kappa shape index (κ1) is 16.8. The lowest BCUT2D eigenvalue weighted by Crippen LogP contribution is -2.43. The number of carbonyl (C=O) groups is 1. The van der Waals surface area contributed by atoms with Crippen molar-refractivity contribution >= 4 is 11.9 Å². The number of hydrogen-bond donors (Lipinski definition) is 2. The van der Waals surface area contributed by atoms with E-state index in [1.165, 1.54) is 0 Å². The normalized spacial score (nSPS) is 12.0. The van der Waals surface area contributed by atoms with Gasteiger partial charge in [-0.05, 0) is 46.2 Å².